The molecule has 1 N–H and O–H groups in total. The van der Waals surface area contributed by atoms with Crippen LogP contribution in [-0.2, 0) is 6.54 Å². The number of pyridine rings is 1. The molecular formula is C14H18N4. The molecule has 4 heterocycles. The summed E-state index contributed by atoms with van der Waals surface area (Å²) in [5, 5.41) is 3.48. The van der Waals surface area contributed by atoms with Crippen LogP contribution in [0.25, 0.3) is 5.65 Å². The van der Waals surface area contributed by atoms with Gasteiger partial charge in [-0.1, -0.05) is 6.07 Å². The van der Waals surface area contributed by atoms with Crippen molar-refractivity contribution in [1.82, 2.24) is 19.6 Å². The van der Waals surface area contributed by atoms with Crippen LogP contribution in [0.5, 0.6) is 0 Å². The van der Waals surface area contributed by atoms with Gasteiger partial charge in [-0.15, -0.1) is 0 Å². The van der Waals surface area contributed by atoms with Crippen LogP contribution in [0.3, 0.4) is 0 Å². The highest BCUT2D eigenvalue weighted by atomic mass is 15.2. The molecule has 2 saturated heterocycles. The van der Waals surface area contributed by atoms with Gasteiger partial charge in [-0.3, -0.25) is 4.90 Å². The lowest BCUT2D eigenvalue weighted by Gasteiger charge is -2.14. The van der Waals surface area contributed by atoms with Crippen molar-refractivity contribution in [2.45, 2.75) is 6.54 Å². The van der Waals surface area contributed by atoms with Crippen LogP contribution in [0, 0.1) is 11.8 Å². The largest absolute Gasteiger partial charge is 0.316 e. The Morgan fingerprint density at radius 1 is 1.22 bits per heavy atom. The fourth-order valence-corrected chi connectivity index (χ4v) is 3.37. The molecule has 0 radical (unpaired) electrons. The summed E-state index contributed by atoms with van der Waals surface area (Å²) in [4.78, 5) is 7.23. The fraction of sp³-hybridized carbons (Fsp3) is 0.500. The van der Waals surface area contributed by atoms with Crippen LogP contribution in [0.1, 0.15) is 5.69 Å². The quantitative estimate of drug-likeness (QED) is 0.852. The summed E-state index contributed by atoms with van der Waals surface area (Å²) in [6.45, 7) is 5.85. The van der Waals surface area contributed by atoms with Gasteiger partial charge < -0.3 is 9.72 Å². The van der Waals surface area contributed by atoms with Crippen LogP contribution < -0.4 is 5.32 Å². The Bertz CT molecular complexity index is 517. The Kier molecular flexibility index (Phi) is 2.38. The smallest absolute Gasteiger partial charge is 0.137 e. The van der Waals surface area contributed by atoms with Crippen molar-refractivity contribution < 1.29 is 0 Å². The molecule has 2 atom stereocenters. The molecule has 2 fully saturated rings. The van der Waals surface area contributed by atoms with E-state index >= 15 is 0 Å². The highest BCUT2D eigenvalue weighted by Gasteiger charge is 2.35. The molecule has 18 heavy (non-hydrogen) atoms. The highest BCUT2D eigenvalue weighted by molar-refractivity contribution is 5.39. The second-order valence-electron chi connectivity index (χ2n) is 5.57. The summed E-state index contributed by atoms with van der Waals surface area (Å²) in [5.74, 6) is 1.73. The number of rotatable bonds is 2. The Labute approximate surface area is 107 Å². The topological polar surface area (TPSA) is 32.6 Å². The first-order chi connectivity index (χ1) is 8.88. The Hall–Kier alpha value is -1.39. The lowest BCUT2D eigenvalue weighted by Crippen LogP contribution is -2.25. The lowest BCUT2D eigenvalue weighted by molar-refractivity contribution is 0.302. The molecule has 0 bridgehead atoms. The van der Waals surface area contributed by atoms with Crippen molar-refractivity contribution in [2.75, 3.05) is 26.2 Å². The van der Waals surface area contributed by atoms with E-state index in [1.54, 1.807) is 0 Å². The minimum absolute atomic E-state index is 0.863. The van der Waals surface area contributed by atoms with Gasteiger partial charge in [-0.2, -0.15) is 0 Å². The maximum atomic E-state index is 4.68. The second kappa shape index (κ2) is 4.07. The van der Waals surface area contributed by atoms with E-state index in [1.165, 1.54) is 31.9 Å². The van der Waals surface area contributed by atoms with Crippen LogP contribution in [-0.4, -0.2) is 40.5 Å². The summed E-state index contributed by atoms with van der Waals surface area (Å²) in [6, 6.07) is 6.15. The maximum Gasteiger partial charge on any atom is 0.137 e. The first kappa shape index (κ1) is 10.5. The van der Waals surface area contributed by atoms with E-state index in [9.17, 15) is 0 Å². The van der Waals surface area contributed by atoms with Gasteiger partial charge in [0, 0.05) is 32.0 Å². The maximum absolute atomic E-state index is 4.68. The van der Waals surface area contributed by atoms with Crippen LogP contribution in [0.2, 0.25) is 0 Å². The number of hydrogen-bond acceptors (Lipinski definition) is 3. The molecule has 0 aromatic carbocycles. The zero-order valence-corrected chi connectivity index (χ0v) is 10.4. The molecule has 94 valence electrons. The Balaban J connectivity index is 1.51. The molecular weight excluding hydrogens is 224 g/mol. The molecule has 2 aliphatic rings. The standard InChI is InChI=1S/C14H18N4/c1-2-4-18-10-13(16-14(18)3-1)9-17-7-11-5-15-6-12(11)8-17/h1-4,10-12,15H,5-9H2. The van der Waals surface area contributed by atoms with Crippen LogP contribution in [0.15, 0.2) is 30.6 Å². The third-order valence-corrected chi connectivity index (χ3v) is 4.26. The minimum Gasteiger partial charge on any atom is -0.316 e. The van der Waals surface area contributed by atoms with Crippen molar-refractivity contribution >= 4 is 5.65 Å². The third kappa shape index (κ3) is 1.72. The summed E-state index contributed by atoms with van der Waals surface area (Å²) in [5.41, 5.74) is 2.24. The number of likely N-dealkylation sites (tertiary alicyclic amines) is 1. The van der Waals surface area contributed by atoms with Gasteiger partial charge in [0.05, 0.1) is 5.69 Å². The van der Waals surface area contributed by atoms with Gasteiger partial charge in [0.15, 0.2) is 0 Å². The van der Waals surface area contributed by atoms with Crippen molar-refractivity contribution in [3.05, 3.63) is 36.3 Å². The average Bonchev–Trinajstić information content (AvgIpc) is 3.01. The molecule has 0 saturated carbocycles. The summed E-state index contributed by atoms with van der Waals surface area (Å²) >= 11 is 0. The monoisotopic (exact) mass is 242 g/mol. The zero-order chi connectivity index (χ0) is 11.9. The molecule has 4 rings (SSSR count). The SMILES string of the molecule is c1ccn2cc(CN3CC4CNCC4C3)nc2c1. The van der Waals surface area contributed by atoms with E-state index in [-0.39, 0.29) is 0 Å². The zero-order valence-electron chi connectivity index (χ0n) is 10.4. The third-order valence-electron chi connectivity index (χ3n) is 4.26. The number of nitrogens with one attached hydrogen (secondary N) is 1. The first-order valence-corrected chi connectivity index (χ1v) is 6.74. The van der Waals surface area contributed by atoms with E-state index in [1.807, 2.05) is 12.1 Å². The number of hydrogen-bond donors (Lipinski definition) is 1. The number of imidazole rings is 1. The van der Waals surface area contributed by atoms with E-state index in [0.717, 1.165) is 24.0 Å². The van der Waals surface area contributed by atoms with E-state index < -0.39 is 0 Å². The van der Waals surface area contributed by atoms with E-state index in [4.69, 9.17) is 0 Å². The number of nitrogens with zero attached hydrogens (tertiary/aromatic N) is 3. The Morgan fingerprint density at radius 2 is 2.06 bits per heavy atom. The van der Waals surface area contributed by atoms with Gasteiger partial charge in [0.1, 0.15) is 5.65 Å². The summed E-state index contributed by atoms with van der Waals surface area (Å²) in [6.07, 6.45) is 4.22. The average molecular weight is 242 g/mol. The highest BCUT2D eigenvalue weighted by Crippen LogP contribution is 2.27. The minimum atomic E-state index is 0.863. The van der Waals surface area contributed by atoms with Gasteiger partial charge in [-0.05, 0) is 37.1 Å². The molecule has 4 heteroatoms. The molecule has 2 aliphatic heterocycles. The molecule has 0 spiro atoms. The van der Waals surface area contributed by atoms with Crippen LogP contribution in [0.4, 0.5) is 0 Å². The Morgan fingerprint density at radius 3 is 2.83 bits per heavy atom. The predicted octanol–water partition coefficient (Wildman–Crippen LogP) is 0.985. The van der Waals surface area contributed by atoms with Crippen molar-refractivity contribution in [3.63, 3.8) is 0 Å². The van der Waals surface area contributed by atoms with Crippen LogP contribution >= 0.6 is 0 Å². The normalized spacial score (nSPS) is 28.0. The molecule has 4 nitrogen and oxygen atoms in total. The summed E-state index contributed by atoms with van der Waals surface area (Å²) < 4.78 is 2.10. The molecule has 0 aliphatic carbocycles. The van der Waals surface area contributed by atoms with Gasteiger partial charge in [-0.25, -0.2) is 4.98 Å². The number of fused-ring (bicyclic) bond motifs is 2. The molecule has 2 aromatic heterocycles. The van der Waals surface area contributed by atoms with Gasteiger partial charge in [0.25, 0.3) is 0 Å². The predicted molar refractivity (Wildman–Crippen MR) is 70.3 cm³/mol. The lowest BCUT2D eigenvalue weighted by atomic mass is 10.0. The van der Waals surface area contributed by atoms with Crippen molar-refractivity contribution in [3.8, 4) is 0 Å². The van der Waals surface area contributed by atoms with Gasteiger partial charge >= 0.3 is 0 Å². The van der Waals surface area contributed by atoms with Crippen molar-refractivity contribution in [1.29, 1.82) is 0 Å². The second-order valence-corrected chi connectivity index (χ2v) is 5.57. The first-order valence-electron chi connectivity index (χ1n) is 6.74. The molecule has 2 aromatic rings. The number of aromatic nitrogens is 2. The van der Waals surface area contributed by atoms with E-state index in [0.29, 0.717) is 0 Å². The van der Waals surface area contributed by atoms with Crippen molar-refractivity contribution in [2.24, 2.45) is 11.8 Å². The van der Waals surface area contributed by atoms with Gasteiger partial charge in [0.2, 0.25) is 0 Å². The molecule has 2 unspecified atom stereocenters. The summed E-state index contributed by atoms with van der Waals surface area (Å²) in [7, 11) is 0. The fourth-order valence-electron chi connectivity index (χ4n) is 3.37. The van der Waals surface area contributed by atoms with E-state index in [2.05, 4.69) is 38.1 Å². The molecule has 0 amide bonds.